The Morgan fingerprint density at radius 3 is 2.56 bits per heavy atom. The maximum Gasteiger partial charge on any atom is 0.230 e. The fraction of sp³-hybridized carbons (Fsp3) is 0.269. The number of amides is 1. The first-order chi connectivity index (χ1) is 16.7. The van der Waals surface area contributed by atoms with Gasteiger partial charge in [-0.2, -0.15) is 0 Å². The summed E-state index contributed by atoms with van der Waals surface area (Å²) in [5, 5.41) is 12.3. The number of furan rings is 1. The van der Waals surface area contributed by atoms with E-state index in [2.05, 4.69) is 27.6 Å². The molecule has 4 aromatic rings. The summed E-state index contributed by atoms with van der Waals surface area (Å²) in [6, 6.07) is 23.9. The van der Waals surface area contributed by atoms with Crippen LogP contribution < -0.4 is 5.32 Å². The van der Waals surface area contributed by atoms with Crippen LogP contribution in [0.25, 0.3) is 11.6 Å². The average Bonchev–Trinajstić information content (AvgIpc) is 3.54. The molecule has 1 N–H and O–H groups in total. The Morgan fingerprint density at radius 1 is 1.06 bits per heavy atom. The zero-order chi connectivity index (χ0) is 23.6. The molecular formula is C26H28N4O3S. The highest BCUT2D eigenvalue weighted by Gasteiger charge is 2.17. The highest BCUT2D eigenvalue weighted by Crippen LogP contribution is 2.25. The van der Waals surface area contributed by atoms with Crippen LogP contribution in [-0.2, 0) is 16.1 Å². The molecule has 0 aliphatic rings. The monoisotopic (exact) mass is 476 g/mol. The van der Waals surface area contributed by atoms with Gasteiger partial charge >= 0.3 is 0 Å². The summed E-state index contributed by atoms with van der Waals surface area (Å²) in [5.41, 5.74) is 2.27. The van der Waals surface area contributed by atoms with Gasteiger partial charge in [0.15, 0.2) is 10.9 Å². The van der Waals surface area contributed by atoms with Crippen molar-refractivity contribution >= 4 is 17.7 Å². The van der Waals surface area contributed by atoms with Gasteiger partial charge in [0.2, 0.25) is 11.7 Å². The number of benzene rings is 2. The van der Waals surface area contributed by atoms with Crippen LogP contribution in [0, 0.1) is 0 Å². The van der Waals surface area contributed by atoms with Gasteiger partial charge < -0.3 is 14.5 Å². The Kier molecular flexibility index (Phi) is 8.54. The zero-order valence-electron chi connectivity index (χ0n) is 19.1. The third-order valence-corrected chi connectivity index (χ3v) is 6.22. The minimum absolute atomic E-state index is 0.0341. The van der Waals surface area contributed by atoms with E-state index in [1.165, 1.54) is 11.8 Å². The molecule has 1 unspecified atom stereocenters. The number of rotatable bonds is 12. The van der Waals surface area contributed by atoms with Gasteiger partial charge in [-0.15, -0.1) is 10.2 Å². The van der Waals surface area contributed by atoms with E-state index >= 15 is 0 Å². The molecule has 0 aliphatic heterocycles. The maximum atomic E-state index is 12.4. The summed E-state index contributed by atoms with van der Waals surface area (Å²) in [5.74, 6) is 1.49. The van der Waals surface area contributed by atoms with Crippen LogP contribution in [0.5, 0.6) is 0 Å². The molecule has 0 fully saturated rings. The van der Waals surface area contributed by atoms with Gasteiger partial charge in [-0.05, 0) is 36.6 Å². The van der Waals surface area contributed by atoms with Gasteiger partial charge in [0.1, 0.15) is 0 Å². The van der Waals surface area contributed by atoms with Crippen LogP contribution in [0.15, 0.2) is 88.6 Å². The molecule has 0 bridgehead atoms. The van der Waals surface area contributed by atoms with Crippen molar-refractivity contribution in [2.24, 2.45) is 0 Å². The van der Waals surface area contributed by atoms with Crippen LogP contribution in [0.1, 0.15) is 30.6 Å². The summed E-state index contributed by atoms with van der Waals surface area (Å²) in [6.45, 7) is 3.77. The van der Waals surface area contributed by atoms with Gasteiger partial charge in [0, 0.05) is 13.2 Å². The molecule has 7 nitrogen and oxygen atoms in total. The van der Waals surface area contributed by atoms with Crippen LogP contribution in [-0.4, -0.2) is 39.6 Å². The van der Waals surface area contributed by atoms with Crippen molar-refractivity contribution in [2.45, 2.75) is 31.1 Å². The van der Waals surface area contributed by atoms with Crippen molar-refractivity contribution < 1.29 is 13.9 Å². The zero-order valence-corrected chi connectivity index (χ0v) is 19.9. The lowest BCUT2D eigenvalue weighted by molar-refractivity contribution is -0.118. The Morgan fingerprint density at radius 2 is 1.82 bits per heavy atom. The molecule has 0 saturated carbocycles. The SMILES string of the molecule is CC(OCCCNC(=O)CSc1nnc(-c2ccco2)n1Cc1ccccc1)c1ccccc1. The molecule has 34 heavy (non-hydrogen) atoms. The number of ether oxygens (including phenoxy) is 1. The van der Waals surface area contributed by atoms with E-state index in [1.807, 2.05) is 72.2 Å². The molecule has 0 radical (unpaired) electrons. The topological polar surface area (TPSA) is 82.2 Å². The number of carbonyl (C=O) groups is 1. The molecule has 2 heterocycles. The predicted octanol–water partition coefficient (Wildman–Crippen LogP) is 4.96. The second kappa shape index (κ2) is 12.2. The van der Waals surface area contributed by atoms with E-state index in [-0.39, 0.29) is 17.8 Å². The Balaban J connectivity index is 1.26. The lowest BCUT2D eigenvalue weighted by Crippen LogP contribution is -2.27. The van der Waals surface area contributed by atoms with Crippen LogP contribution in [0.3, 0.4) is 0 Å². The first-order valence-electron chi connectivity index (χ1n) is 11.3. The molecule has 8 heteroatoms. The third kappa shape index (κ3) is 6.59. The number of nitrogens with zero attached hydrogens (tertiary/aromatic N) is 3. The lowest BCUT2D eigenvalue weighted by Gasteiger charge is -2.13. The minimum atomic E-state index is -0.0464. The van der Waals surface area contributed by atoms with Gasteiger partial charge in [0.25, 0.3) is 0 Å². The minimum Gasteiger partial charge on any atom is -0.461 e. The summed E-state index contributed by atoms with van der Waals surface area (Å²) in [4.78, 5) is 12.4. The molecule has 0 spiro atoms. The fourth-order valence-electron chi connectivity index (χ4n) is 3.45. The molecule has 0 aliphatic carbocycles. The van der Waals surface area contributed by atoms with Crippen LogP contribution in [0.2, 0.25) is 0 Å². The number of hydrogen-bond acceptors (Lipinski definition) is 6. The second-order valence-corrected chi connectivity index (χ2v) is 8.71. The summed E-state index contributed by atoms with van der Waals surface area (Å²) in [6.07, 6.45) is 2.40. The van der Waals surface area contributed by atoms with E-state index in [4.69, 9.17) is 9.15 Å². The molecule has 176 valence electrons. The first-order valence-corrected chi connectivity index (χ1v) is 12.3. The van der Waals surface area contributed by atoms with E-state index in [0.717, 1.165) is 17.5 Å². The number of thioether (sulfide) groups is 1. The third-order valence-electron chi connectivity index (χ3n) is 5.25. The van der Waals surface area contributed by atoms with Gasteiger partial charge in [-0.3, -0.25) is 9.36 Å². The van der Waals surface area contributed by atoms with Gasteiger partial charge in [-0.1, -0.05) is 72.4 Å². The van der Waals surface area contributed by atoms with Crippen molar-refractivity contribution in [3.05, 3.63) is 90.2 Å². The number of carbonyl (C=O) groups excluding carboxylic acids is 1. The highest BCUT2D eigenvalue weighted by atomic mass is 32.2. The highest BCUT2D eigenvalue weighted by molar-refractivity contribution is 7.99. The number of nitrogens with one attached hydrogen (secondary N) is 1. The van der Waals surface area contributed by atoms with Crippen molar-refractivity contribution in [2.75, 3.05) is 18.9 Å². The van der Waals surface area contributed by atoms with E-state index in [9.17, 15) is 4.79 Å². The predicted molar refractivity (Wildman–Crippen MR) is 132 cm³/mol. The lowest BCUT2D eigenvalue weighted by atomic mass is 10.1. The van der Waals surface area contributed by atoms with E-state index in [0.29, 0.717) is 36.4 Å². The Labute approximate surface area is 203 Å². The normalized spacial score (nSPS) is 11.9. The molecule has 0 saturated heterocycles. The van der Waals surface area contributed by atoms with E-state index in [1.54, 1.807) is 6.26 Å². The fourth-order valence-corrected chi connectivity index (χ4v) is 4.22. The molecule has 2 aromatic heterocycles. The summed E-state index contributed by atoms with van der Waals surface area (Å²) < 4.78 is 13.4. The van der Waals surface area contributed by atoms with Crippen LogP contribution in [0.4, 0.5) is 0 Å². The average molecular weight is 477 g/mol. The molecule has 4 rings (SSSR count). The molecule has 2 aromatic carbocycles. The molecule has 1 amide bonds. The number of aromatic nitrogens is 3. The second-order valence-electron chi connectivity index (χ2n) is 7.77. The van der Waals surface area contributed by atoms with E-state index < -0.39 is 0 Å². The quantitative estimate of drug-likeness (QED) is 0.230. The van der Waals surface area contributed by atoms with Crippen LogP contribution >= 0.6 is 11.8 Å². The molecular weight excluding hydrogens is 448 g/mol. The Hall–Kier alpha value is -3.36. The van der Waals surface area contributed by atoms with Gasteiger partial charge in [-0.25, -0.2) is 0 Å². The maximum absolute atomic E-state index is 12.4. The summed E-state index contributed by atoms with van der Waals surface area (Å²) >= 11 is 1.36. The van der Waals surface area contributed by atoms with Crippen molar-refractivity contribution in [3.63, 3.8) is 0 Å². The smallest absolute Gasteiger partial charge is 0.230 e. The van der Waals surface area contributed by atoms with Gasteiger partial charge in [0.05, 0.1) is 24.7 Å². The number of hydrogen-bond donors (Lipinski definition) is 1. The summed E-state index contributed by atoms with van der Waals surface area (Å²) in [7, 11) is 0. The molecule has 1 atom stereocenters. The standard InChI is InChI=1S/C26H28N4O3S/c1-20(22-12-6-3-7-13-22)32-17-9-15-27-24(31)19-34-26-29-28-25(23-14-8-16-33-23)30(26)18-21-10-4-2-5-11-21/h2-8,10-14,16,20H,9,15,17-19H2,1H3,(H,27,31). The first kappa shape index (κ1) is 23.8. The Bertz CT molecular complexity index is 1150. The van der Waals surface area contributed by atoms with Crippen molar-refractivity contribution in [1.29, 1.82) is 0 Å². The van der Waals surface area contributed by atoms with Crippen molar-refractivity contribution in [1.82, 2.24) is 20.1 Å². The largest absolute Gasteiger partial charge is 0.461 e. The van der Waals surface area contributed by atoms with Crippen molar-refractivity contribution in [3.8, 4) is 11.6 Å².